The minimum Gasteiger partial charge on any atom is -0.340 e. The predicted octanol–water partition coefficient (Wildman–Crippen LogP) is 3.87. The van der Waals surface area contributed by atoms with E-state index >= 15 is 0 Å². The highest BCUT2D eigenvalue weighted by molar-refractivity contribution is 7.78. The van der Waals surface area contributed by atoms with Crippen LogP contribution < -0.4 is 5.32 Å². The van der Waals surface area contributed by atoms with Gasteiger partial charge < -0.3 is 5.32 Å². The number of rotatable bonds is 3. The van der Waals surface area contributed by atoms with Gasteiger partial charge in [-0.15, -0.1) is 0 Å². The van der Waals surface area contributed by atoms with E-state index in [9.17, 15) is 0 Å². The molecule has 0 unspecified atom stereocenters. The molecule has 0 aliphatic carbocycles. The fourth-order valence-corrected chi connectivity index (χ4v) is 1.47. The summed E-state index contributed by atoms with van der Waals surface area (Å²) in [6.07, 6.45) is 1.65. The van der Waals surface area contributed by atoms with Gasteiger partial charge in [0.15, 0.2) is 0 Å². The molecule has 0 radical (unpaired) electrons. The van der Waals surface area contributed by atoms with Gasteiger partial charge in [0, 0.05) is 5.69 Å². The molecule has 0 saturated heterocycles. The van der Waals surface area contributed by atoms with Crippen molar-refractivity contribution in [2.75, 3.05) is 5.32 Å². The molecule has 17 heavy (non-hydrogen) atoms. The van der Waals surface area contributed by atoms with Gasteiger partial charge in [-0.2, -0.15) is 4.99 Å². The molecule has 0 aliphatic rings. The first kappa shape index (κ1) is 11.5. The maximum atomic E-state index is 4.52. The smallest absolute Gasteiger partial charge is 0.130 e. The number of aliphatic imine (C=N–C) groups is 1. The first-order valence-electron chi connectivity index (χ1n) is 5.15. The quantitative estimate of drug-likeness (QED) is 0.654. The second kappa shape index (κ2) is 5.34. The Morgan fingerprint density at radius 2 is 1.94 bits per heavy atom. The molecule has 1 aromatic heterocycles. The summed E-state index contributed by atoms with van der Waals surface area (Å²) in [5.41, 5.74) is 2.94. The lowest BCUT2D eigenvalue weighted by atomic mass is 10.2. The Bertz CT molecular complexity index is 540. The van der Waals surface area contributed by atoms with Crippen LogP contribution in [0, 0.1) is 6.92 Å². The average molecular weight is 241 g/mol. The monoisotopic (exact) mass is 241 g/mol. The summed E-state index contributed by atoms with van der Waals surface area (Å²) in [7, 11) is 0. The lowest BCUT2D eigenvalue weighted by molar-refractivity contribution is 1.29. The topological polar surface area (TPSA) is 37.3 Å². The largest absolute Gasteiger partial charge is 0.340 e. The normalized spacial score (nSPS) is 9.47. The van der Waals surface area contributed by atoms with Crippen LogP contribution in [0.1, 0.15) is 5.56 Å². The molecule has 2 aromatic rings. The van der Waals surface area contributed by atoms with Crippen molar-refractivity contribution < 1.29 is 0 Å². The number of nitrogens with one attached hydrogen (secondary N) is 1. The molecule has 0 spiro atoms. The zero-order chi connectivity index (χ0) is 12.1. The van der Waals surface area contributed by atoms with Crippen molar-refractivity contribution in [3.8, 4) is 0 Å². The molecule has 0 aliphatic heterocycles. The molecule has 0 fully saturated rings. The number of aryl methyl sites for hydroxylation is 1. The molecule has 4 heteroatoms. The van der Waals surface area contributed by atoms with E-state index < -0.39 is 0 Å². The van der Waals surface area contributed by atoms with E-state index in [2.05, 4.69) is 39.6 Å². The van der Waals surface area contributed by atoms with Crippen LogP contribution in [-0.2, 0) is 0 Å². The lowest BCUT2D eigenvalue weighted by Crippen LogP contribution is -1.92. The van der Waals surface area contributed by atoms with Crippen molar-refractivity contribution in [1.82, 2.24) is 4.98 Å². The number of anilines is 2. The summed E-state index contributed by atoms with van der Waals surface area (Å²) >= 11 is 4.52. The molecule has 3 nitrogen and oxygen atoms in total. The van der Waals surface area contributed by atoms with E-state index in [1.165, 1.54) is 5.56 Å². The van der Waals surface area contributed by atoms with E-state index in [1.807, 2.05) is 36.4 Å². The molecule has 1 aromatic carbocycles. The van der Waals surface area contributed by atoms with E-state index in [0.717, 1.165) is 11.5 Å². The van der Waals surface area contributed by atoms with Gasteiger partial charge in [-0.25, -0.2) is 4.98 Å². The number of benzene rings is 1. The van der Waals surface area contributed by atoms with Gasteiger partial charge >= 0.3 is 0 Å². The van der Waals surface area contributed by atoms with Crippen LogP contribution in [0.25, 0.3) is 0 Å². The molecule has 2 rings (SSSR count). The molecule has 0 bridgehead atoms. The maximum absolute atomic E-state index is 4.52. The predicted molar refractivity (Wildman–Crippen MR) is 73.4 cm³/mol. The summed E-state index contributed by atoms with van der Waals surface area (Å²) in [6, 6.07) is 11.8. The Morgan fingerprint density at radius 1 is 1.18 bits per heavy atom. The third-order valence-corrected chi connectivity index (χ3v) is 2.34. The number of hydrogen-bond donors (Lipinski definition) is 1. The van der Waals surface area contributed by atoms with Crippen molar-refractivity contribution in [2.24, 2.45) is 4.99 Å². The fraction of sp³-hybridized carbons (Fsp3) is 0.0769. The third kappa shape index (κ3) is 3.21. The highest BCUT2D eigenvalue weighted by Crippen LogP contribution is 2.17. The number of nitrogens with zero attached hydrogens (tertiary/aromatic N) is 2. The van der Waals surface area contributed by atoms with Gasteiger partial charge in [-0.05, 0) is 43.4 Å². The van der Waals surface area contributed by atoms with Crippen LogP contribution in [0.3, 0.4) is 0 Å². The molecule has 0 atom stereocenters. The van der Waals surface area contributed by atoms with Gasteiger partial charge in [0.2, 0.25) is 0 Å². The van der Waals surface area contributed by atoms with Crippen LogP contribution in [-0.4, -0.2) is 10.1 Å². The standard InChI is InChI=1S/C13H11N3S/c1-10-2-4-11(5-3-10)16-13-7-6-12(8-14-13)15-9-17/h2-8H,1H3,(H,14,16). The van der Waals surface area contributed by atoms with Crippen LogP contribution in [0.15, 0.2) is 47.6 Å². The molecule has 0 amide bonds. The summed E-state index contributed by atoms with van der Waals surface area (Å²) < 4.78 is 0. The Kier molecular flexibility index (Phi) is 3.60. The maximum Gasteiger partial charge on any atom is 0.130 e. The fourth-order valence-electron chi connectivity index (χ4n) is 1.36. The van der Waals surface area contributed by atoms with Crippen LogP contribution in [0.2, 0.25) is 0 Å². The molecule has 0 saturated carbocycles. The number of hydrogen-bond acceptors (Lipinski definition) is 4. The molecular weight excluding hydrogens is 230 g/mol. The van der Waals surface area contributed by atoms with E-state index in [-0.39, 0.29) is 0 Å². The van der Waals surface area contributed by atoms with Gasteiger partial charge in [0.1, 0.15) is 5.82 Å². The Balaban J connectivity index is 2.13. The zero-order valence-electron chi connectivity index (χ0n) is 9.34. The van der Waals surface area contributed by atoms with E-state index in [4.69, 9.17) is 0 Å². The van der Waals surface area contributed by atoms with Gasteiger partial charge in [-0.3, -0.25) is 0 Å². The first-order valence-corrected chi connectivity index (χ1v) is 5.56. The summed E-state index contributed by atoms with van der Waals surface area (Å²) in [5, 5.41) is 5.51. The van der Waals surface area contributed by atoms with E-state index in [0.29, 0.717) is 5.69 Å². The number of aromatic nitrogens is 1. The second-order valence-electron chi connectivity index (χ2n) is 3.60. The summed E-state index contributed by atoms with van der Waals surface area (Å²) in [5.74, 6) is 0.775. The molecule has 1 N–H and O–H groups in total. The minimum absolute atomic E-state index is 0.703. The van der Waals surface area contributed by atoms with Crippen LogP contribution in [0.5, 0.6) is 0 Å². The van der Waals surface area contributed by atoms with Gasteiger partial charge in [0.25, 0.3) is 0 Å². The third-order valence-electron chi connectivity index (χ3n) is 2.25. The molecular formula is C13H11N3S. The summed E-state index contributed by atoms with van der Waals surface area (Å²) in [6.45, 7) is 2.06. The number of pyridine rings is 1. The summed E-state index contributed by atoms with van der Waals surface area (Å²) in [4.78, 5) is 8.06. The van der Waals surface area contributed by atoms with Gasteiger partial charge in [-0.1, -0.05) is 17.7 Å². The second-order valence-corrected chi connectivity index (χ2v) is 3.78. The van der Waals surface area contributed by atoms with Crippen LogP contribution in [0.4, 0.5) is 17.2 Å². The number of thiocarbonyl (C=S) groups is 1. The first-order chi connectivity index (χ1) is 8.28. The van der Waals surface area contributed by atoms with Crippen molar-refractivity contribution in [3.05, 3.63) is 48.2 Å². The lowest BCUT2D eigenvalue weighted by Gasteiger charge is -2.05. The Hall–Kier alpha value is -2.03. The Labute approximate surface area is 105 Å². The number of isothiocyanates is 1. The van der Waals surface area contributed by atoms with Crippen molar-refractivity contribution in [3.63, 3.8) is 0 Å². The Morgan fingerprint density at radius 3 is 2.53 bits per heavy atom. The van der Waals surface area contributed by atoms with Crippen molar-refractivity contribution in [2.45, 2.75) is 6.92 Å². The average Bonchev–Trinajstić information content (AvgIpc) is 2.35. The van der Waals surface area contributed by atoms with E-state index in [1.54, 1.807) is 6.20 Å². The van der Waals surface area contributed by atoms with Crippen molar-refractivity contribution in [1.29, 1.82) is 0 Å². The minimum atomic E-state index is 0.703. The highest BCUT2D eigenvalue weighted by atomic mass is 32.1. The molecule has 84 valence electrons. The van der Waals surface area contributed by atoms with Crippen LogP contribution >= 0.6 is 12.2 Å². The van der Waals surface area contributed by atoms with Gasteiger partial charge in [0.05, 0.1) is 17.0 Å². The SMILES string of the molecule is Cc1ccc(Nc2ccc(N=C=S)cn2)cc1. The zero-order valence-corrected chi connectivity index (χ0v) is 10.2. The highest BCUT2D eigenvalue weighted by Gasteiger charge is 1.96. The van der Waals surface area contributed by atoms with Crippen molar-refractivity contribution >= 4 is 34.6 Å². The molecule has 1 heterocycles.